The van der Waals surface area contributed by atoms with Crippen LogP contribution in [0.3, 0.4) is 0 Å². The van der Waals surface area contributed by atoms with Gasteiger partial charge in [0.1, 0.15) is 0 Å². The Labute approximate surface area is 139 Å². The second kappa shape index (κ2) is 7.01. The lowest BCUT2D eigenvalue weighted by Crippen LogP contribution is -2.49. The molecule has 2 aliphatic carbocycles. The van der Waals surface area contributed by atoms with Crippen LogP contribution in [0, 0.1) is 24.7 Å². The number of carbonyl (C=O) groups excluding carboxylic acids is 1. The molecule has 2 unspecified atom stereocenters. The number of hydrogen-bond donors (Lipinski definition) is 1. The van der Waals surface area contributed by atoms with Crippen LogP contribution in [0.25, 0.3) is 0 Å². The average Bonchev–Trinajstić information content (AvgIpc) is 2.45. The van der Waals surface area contributed by atoms with Gasteiger partial charge in [-0.25, -0.2) is 0 Å². The van der Waals surface area contributed by atoms with Gasteiger partial charge in [0.15, 0.2) is 0 Å². The molecule has 2 N–H and O–H groups in total. The van der Waals surface area contributed by atoms with E-state index in [4.69, 9.17) is 5.73 Å². The average molecular weight is 323 g/mol. The summed E-state index contributed by atoms with van der Waals surface area (Å²) in [7, 11) is 1.90. The molecule has 2 fully saturated rings. The van der Waals surface area contributed by atoms with Crippen LogP contribution < -0.4 is 10.6 Å². The van der Waals surface area contributed by atoms with Gasteiger partial charge in [0.05, 0.1) is 0 Å². The monoisotopic (exact) mass is 322 g/mol. The van der Waals surface area contributed by atoms with Gasteiger partial charge < -0.3 is 10.6 Å². The van der Waals surface area contributed by atoms with E-state index >= 15 is 0 Å². The fraction of sp³-hybridized carbons (Fsp3) is 0.611. The molecule has 0 aromatic heterocycles. The van der Waals surface area contributed by atoms with Gasteiger partial charge >= 0.3 is 0 Å². The van der Waals surface area contributed by atoms with Crippen molar-refractivity contribution >= 4 is 24.0 Å². The van der Waals surface area contributed by atoms with Gasteiger partial charge in [0, 0.05) is 24.7 Å². The fourth-order valence-corrected chi connectivity index (χ4v) is 4.23. The van der Waals surface area contributed by atoms with Crippen LogP contribution in [-0.4, -0.2) is 19.0 Å². The van der Waals surface area contributed by atoms with E-state index in [0.717, 1.165) is 18.5 Å². The highest BCUT2D eigenvalue weighted by atomic mass is 35.5. The van der Waals surface area contributed by atoms with E-state index in [9.17, 15) is 4.79 Å². The first kappa shape index (κ1) is 17.3. The van der Waals surface area contributed by atoms with Gasteiger partial charge in [-0.1, -0.05) is 18.6 Å². The number of fused-ring (bicyclic) bond motifs is 2. The smallest absolute Gasteiger partial charge is 0.229 e. The van der Waals surface area contributed by atoms with E-state index in [2.05, 4.69) is 19.1 Å². The Kier molecular flexibility index (Phi) is 5.51. The molecule has 1 aromatic rings. The highest BCUT2D eigenvalue weighted by molar-refractivity contribution is 5.94. The minimum atomic E-state index is 0. The Morgan fingerprint density at radius 3 is 2.45 bits per heavy atom. The highest BCUT2D eigenvalue weighted by Gasteiger charge is 2.41. The van der Waals surface area contributed by atoms with E-state index in [1.807, 2.05) is 24.1 Å². The minimum Gasteiger partial charge on any atom is -0.327 e. The fourth-order valence-electron chi connectivity index (χ4n) is 4.23. The lowest BCUT2D eigenvalue weighted by atomic mass is 9.65. The molecule has 0 aliphatic heterocycles. The van der Waals surface area contributed by atoms with Crippen LogP contribution in [-0.2, 0) is 4.79 Å². The largest absolute Gasteiger partial charge is 0.327 e. The van der Waals surface area contributed by atoms with Crippen LogP contribution in [0.15, 0.2) is 24.3 Å². The summed E-state index contributed by atoms with van der Waals surface area (Å²) in [5.74, 6) is 1.53. The van der Waals surface area contributed by atoms with Crippen molar-refractivity contribution in [3.05, 3.63) is 29.8 Å². The Hall–Kier alpha value is -1.06. The van der Waals surface area contributed by atoms with Crippen molar-refractivity contribution in [1.82, 2.24) is 0 Å². The Balaban J connectivity index is 0.00000176. The molecule has 0 radical (unpaired) electrons. The quantitative estimate of drug-likeness (QED) is 0.905. The summed E-state index contributed by atoms with van der Waals surface area (Å²) in [6.07, 6.45) is 5.65. The molecular weight excluding hydrogens is 296 g/mol. The Morgan fingerprint density at radius 2 is 1.86 bits per heavy atom. The number of nitrogens with zero attached hydrogens (tertiary/aromatic N) is 1. The lowest BCUT2D eigenvalue weighted by molar-refractivity contribution is -0.124. The molecule has 0 heterocycles. The third-order valence-electron chi connectivity index (χ3n) is 5.48. The first-order valence-corrected chi connectivity index (χ1v) is 8.16. The third kappa shape index (κ3) is 3.31. The van der Waals surface area contributed by atoms with E-state index in [1.54, 1.807) is 0 Å². The number of hydrogen-bond acceptors (Lipinski definition) is 2. The maximum Gasteiger partial charge on any atom is 0.229 e. The molecule has 0 spiro atoms. The number of carbonyl (C=O) groups is 1. The van der Waals surface area contributed by atoms with Crippen molar-refractivity contribution in [2.75, 3.05) is 11.9 Å². The van der Waals surface area contributed by atoms with Crippen LogP contribution in [0.5, 0.6) is 0 Å². The van der Waals surface area contributed by atoms with Crippen LogP contribution in [0.4, 0.5) is 5.69 Å². The molecule has 0 saturated heterocycles. The second-order valence-electron chi connectivity index (χ2n) is 6.93. The highest BCUT2D eigenvalue weighted by Crippen LogP contribution is 2.42. The van der Waals surface area contributed by atoms with Crippen molar-refractivity contribution in [2.45, 2.75) is 45.1 Å². The number of rotatable bonds is 2. The first-order valence-electron chi connectivity index (χ1n) is 8.16. The zero-order valence-corrected chi connectivity index (χ0v) is 14.3. The summed E-state index contributed by atoms with van der Waals surface area (Å²) in [5, 5.41) is 0. The molecule has 2 saturated carbocycles. The lowest BCUT2D eigenvalue weighted by Gasteiger charge is -2.44. The van der Waals surface area contributed by atoms with Crippen molar-refractivity contribution in [3.8, 4) is 0 Å². The number of halogens is 1. The molecule has 3 rings (SSSR count). The van der Waals surface area contributed by atoms with Gasteiger partial charge in [0.2, 0.25) is 5.91 Å². The first-order chi connectivity index (χ1) is 10.1. The number of nitrogens with two attached hydrogens (primary N) is 1. The van der Waals surface area contributed by atoms with Crippen molar-refractivity contribution in [3.63, 3.8) is 0 Å². The summed E-state index contributed by atoms with van der Waals surface area (Å²) < 4.78 is 0. The zero-order chi connectivity index (χ0) is 15.0. The maximum absolute atomic E-state index is 12.8. The van der Waals surface area contributed by atoms with E-state index in [-0.39, 0.29) is 24.2 Å². The van der Waals surface area contributed by atoms with Gasteiger partial charge in [-0.05, 0) is 62.1 Å². The molecule has 2 aliphatic rings. The van der Waals surface area contributed by atoms with E-state index in [1.165, 1.54) is 24.8 Å². The van der Waals surface area contributed by atoms with Crippen LogP contribution >= 0.6 is 12.4 Å². The summed E-state index contributed by atoms with van der Waals surface area (Å²) >= 11 is 0. The number of benzene rings is 1. The molecular formula is C18H27ClN2O. The molecule has 22 heavy (non-hydrogen) atoms. The predicted octanol–water partition coefficient (Wildman–Crippen LogP) is 3.53. The van der Waals surface area contributed by atoms with Gasteiger partial charge in [-0.3, -0.25) is 4.79 Å². The summed E-state index contributed by atoms with van der Waals surface area (Å²) in [6, 6.07) is 8.49. The zero-order valence-electron chi connectivity index (χ0n) is 13.5. The van der Waals surface area contributed by atoms with Crippen LogP contribution in [0.2, 0.25) is 0 Å². The third-order valence-corrected chi connectivity index (χ3v) is 5.48. The number of anilines is 1. The van der Waals surface area contributed by atoms with Crippen molar-refractivity contribution in [1.29, 1.82) is 0 Å². The van der Waals surface area contributed by atoms with E-state index in [0.29, 0.717) is 17.9 Å². The summed E-state index contributed by atoms with van der Waals surface area (Å²) in [4.78, 5) is 14.7. The molecule has 2 atom stereocenters. The molecule has 3 nitrogen and oxygen atoms in total. The predicted molar refractivity (Wildman–Crippen MR) is 93.4 cm³/mol. The Morgan fingerprint density at radius 1 is 1.23 bits per heavy atom. The number of amides is 1. The van der Waals surface area contributed by atoms with Gasteiger partial charge in [-0.15, -0.1) is 12.4 Å². The number of aryl methyl sites for hydroxylation is 1. The SMILES string of the molecule is Cc1cccc(N(C)C(=O)C2CC3CCCC(C2)C3N)c1.Cl. The van der Waals surface area contributed by atoms with Gasteiger partial charge in [0.25, 0.3) is 0 Å². The van der Waals surface area contributed by atoms with Gasteiger partial charge in [-0.2, -0.15) is 0 Å². The molecule has 1 amide bonds. The topological polar surface area (TPSA) is 46.3 Å². The molecule has 4 heteroatoms. The summed E-state index contributed by atoms with van der Waals surface area (Å²) in [5.41, 5.74) is 8.52. The second-order valence-corrected chi connectivity index (χ2v) is 6.93. The molecule has 1 aromatic carbocycles. The Bertz CT molecular complexity index is 520. The minimum absolute atomic E-state index is 0. The van der Waals surface area contributed by atoms with Crippen LogP contribution in [0.1, 0.15) is 37.7 Å². The summed E-state index contributed by atoms with van der Waals surface area (Å²) in [6.45, 7) is 2.06. The molecule has 122 valence electrons. The van der Waals surface area contributed by atoms with Crippen molar-refractivity contribution in [2.24, 2.45) is 23.5 Å². The normalized spacial score (nSPS) is 30.3. The maximum atomic E-state index is 12.8. The molecule has 2 bridgehead atoms. The van der Waals surface area contributed by atoms with E-state index < -0.39 is 0 Å². The van der Waals surface area contributed by atoms with Crippen molar-refractivity contribution < 1.29 is 4.79 Å². The standard InChI is InChI=1S/C18H26N2O.ClH/c1-12-5-3-8-16(9-12)20(2)18(21)15-10-13-6-4-7-14(11-15)17(13)19;/h3,5,8-9,13-15,17H,4,6-7,10-11,19H2,1-2H3;1H.